The van der Waals surface area contributed by atoms with Gasteiger partial charge in [-0.15, -0.1) is 0 Å². The molecule has 0 aromatic carbocycles. The molecule has 0 bridgehead atoms. The first-order chi connectivity index (χ1) is 7.97. The summed E-state index contributed by atoms with van der Waals surface area (Å²) in [5.74, 6) is -1.62. The molecule has 0 aliphatic rings. The maximum atomic E-state index is 11.0. The summed E-state index contributed by atoms with van der Waals surface area (Å²) in [5.41, 5.74) is 0. The number of hydrogen-bond donors (Lipinski definition) is 2. The van der Waals surface area contributed by atoms with Gasteiger partial charge in [-0.2, -0.15) is 0 Å². The molecular formula is C13H24O4. The van der Waals surface area contributed by atoms with Crippen molar-refractivity contribution in [3.63, 3.8) is 0 Å². The van der Waals surface area contributed by atoms with E-state index < -0.39 is 11.9 Å². The number of rotatable bonds is 10. The lowest BCUT2D eigenvalue weighted by molar-refractivity contribution is -0.142. The summed E-state index contributed by atoms with van der Waals surface area (Å²) in [7, 11) is 0. The molecular weight excluding hydrogens is 220 g/mol. The van der Waals surface area contributed by atoms with E-state index in [1.54, 1.807) is 0 Å². The number of carboxylic acids is 2. The molecule has 0 fully saturated rings. The predicted octanol–water partition coefficient (Wildman–Crippen LogP) is 3.16. The number of unbranched alkanes of at least 4 members (excludes halogenated alkanes) is 1. The van der Waals surface area contributed by atoms with Crippen molar-refractivity contribution < 1.29 is 19.8 Å². The summed E-state index contributed by atoms with van der Waals surface area (Å²) in [6.07, 6.45) is 5.13. The molecule has 2 atom stereocenters. The molecule has 0 rings (SSSR count). The van der Waals surface area contributed by atoms with Gasteiger partial charge in [-0.25, -0.2) is 0 Å². The van der Waals surface area contributed by atoms with E-state index in [2.05, 4.69) is 0 Å². The molecule has 0 aromatic heterocycles. The number of aliphatic carboxylic acids is 2. The van der Waals surface area contributed by atoms with Crippen molar-refractivity contribution in [3.8, 4) is 0 Å². The second-order valence-corrected chi connectivity index (χ2v) is 4.81. The summed E-state index contributed by atoms with van der Waals surface area (Å²) in [6, 6.07) is 0. The van der Waals surface area contributed by atoms with Crippen LogP contribution in [0, 0.1) is 11.8 Å². The fourth-order valence-corrected chi connectivity index (χ4v) is 1.95. The van der Waals surface area contributed by atoms with Crippen LogP contribution in [0.2, 0.25) is 0 Å². The third kappa shape index (κ3) is 8.72. The third-order valence-electron chi connectivity index (χ3n) is 3.03. The molecule has 2 unspecified atom stereocenters. The van der Waals surface area contributed by atoms with E-state index in [9.17, 15) is 9.59 Å². The van der Waals surface area contributed by atoms with Gasteiger partial charge in [-0.3, -0.25) is 9.59 Å². The van der Waals surface area contributed by atoms with Gasteiger partial charge >= 0.3 is 11.9 Å². The lowest BCUT2D eigenvalue weighted by Crippen LogP contribution is -2.14. The van der Waals surface area contributed by atoms with E-state index in [1.807, 2.05) is 13.8 Å². The zero-order valence-corrected chi connectivity index (χ0v) is 10.8. The minimum absolute atomic E-state index is 0.133. The van der Waals surface area contributed by atoms with E-state index in [0.717, 1.165) is 32.1 Å². The quantitative estimate of drug-likeness (QED) is 0.619. The maximum absolute atomic E-state index is 11.0. The Morgan fingerprint density at radius 2 is 1.65 bits per heavy atom. The average molecular weight is 244 g/mol. The minimum atomic E-state index is -0.779. The van der Waals surface area contributed by atoms with Gasteiger partial charge in [-0.1, -0.05) is 39.5 Å². The number of carboxylic acid groups (broad SMARTS) is 2. The van der Waals surface area contributed by atoms with Crippen LogP contribution < -0.4 is 0 Å². The Morgan fingerprint density at radius 1 is 1.06 bits per heavy atom. The molecule has 0 aliphatic heterocycles. The normalized spacial score (nSPS) is 14.2. The SMILES string of the molecule is CCCCC(CCCC(C)CC(=O)O)C(=O)O. The van der Waals surface area contributed by atoms with Gasteiger partial charge in [0.05, 0.1) is 5.92 Å². The van der Waals surface area contributed by atoms with E-state index in [1.165, 1.54) is 0 Å². The molecule has 0 aromatic rings. The molecule has 0 amide bonds. The van der Waals surface area contributed by atoms with Crippen LogP contribution in [0.5, 0.6) is 0 Å². The summed E-state index contributed by atoms with van der Waals surface area (Å²) in [4.78, 5) is 21.4. The van der Waals surface area contributed by atoms with E-state index in [-0.39, 0.29) is 18.3 Å². The molecule has 2 N–H and O–H groups in total. The van der Waals surface area contributed by atoms with Gasteiger partial charge in [0, 0.05) is 6.42 Å². The summed E-state index contributed by atoms with van der Waals surface area (Å²) in [5, 5.41) is 17.6. The molecule has 100 valence electrons. The Labute approximate surface area is 103 Å². The minimum Gasteiger partial charge on any atom is -0.481 e. The first kappa shape index (κ1) is 15.9. The highest BCUT2D eigenvalue weighted by atomic mass is 16.4. The largest absolute Gasteiger partial charge is 0.481 e. The molecule has 0 radical (unpaired) electrons. The van der Waals surface area contributed by atoms with Gasteiger partial charge in [0.15, 0.2) is 0 Å². The fraction of sp³-hybridized carbons (Fsp3) is 0.846. The van der Waals surface area contributed by atoms with Crippen LogP contribution in [0.3, 0.4) is 0 Å². The van der Waals surface area contributed by atoms with Gasteiger partial charge in [-0.05, 0) is 18.8 Å². The Morgan fingerprint density at radius 3 is 2.12 bits per heavy atom. The van der Waals surface area contributed by atoms with Crippen LogP contribution >= 0.6 is 0 Å². The van der Waals surface area contributed by atoms with E-state index >= 15 is 0 Å². The van der Waals surface area contributed by atoms with Gasteiger partial charge in [0.1, 0.15) is 0 Å². The van der Waals surface area contributed by atoms with Crippen molar-refractivity contribution in [1.82, 2.24) is 0 Å². The zero-order valence-electron chi connectivity index (χ0n) is 10.8. The second kappa shape index (κ2) is 9.02. The molecule has 0 heterocycles. The zero-order chi connectivity index (χ0) is 13.3. The predicted molar refractivity (Wildman–Crippen MR) is 65.9 cm³/mol. The maximum Gasteiger partial charge on any atom is 0.306 e. The van der Waals surface area contributed by atoms with Crippen LogP contribution in [-0.2, 0) is 9.59 Å². The van der Waals surface area contributed by atoms with Crippen LogP contribution in [0.1, 0.15) is 58.8 Å². The smallest absolute Gasteiger partial charge is 0.306 e. The summed E-state index contributed by atoms with van der Waals surface area (Å²) in [6.45, 7) is 3.95. The molecule has 0 saturated carbocycles. The second-order valence-electron chi connectivity index (χ2n) is 4.81. The van der Waals surface area contributed by atoms with Crippen LogP contribution in [0.25, 0.3) is 0 Å². The lowest BCUT2D eigenvalue weighted by Gasteiger charge is -2.13. The van der Waals surface area contributed by atoms with Crippen molar-refractivity contribution in [2.75, 3.05) is 0 Å². The van der Waals surface area contributed by atoms with Crippen LogP contribution in [-0.4, -0.2) is 22.2 Å². The average Bonchev–Trinajstić information content (AvgIpc) is 2.21. The van der Waals surface area contributed by atoms with E-state index in [4.69, 9.17) is 10.2 Å². The Balaban J connectivity index is 3.81. The van der Waals surface area contributed by atoms with E-state index in [0.29, 0.717) is 6.42 Å². The van der Waals surface area contributed by atoms with Crippen LogP contribution in [0.15, 0.2) is 0 Å². The van der Waals surface area contributed by atoms with Crippen molar-refractivity contribution in [1.29, 1.82) is 0 Å². The van der Waals surface area contributed by atoms with Gasteiger partial charge < -0.3 is 10.2 Å². The molecule has 4 nitrogen and oxygen atoms in total. The molecule has 4 heteroatoms. The highest BCUT2D eigenvalue weighted by molar-refractivity contribution is 5.69. The van der Waals surface area contributed by atoms with Crippen molar-refractivity contribution >= 4 is 11.9 Å². The Kier molecular flexibility index (Phi) is 8.46. The summed E-state index contributed by atoms with van der Waals surface area (Å²) < 4.78 is 0. The molecule has 17 heavy (non-hydrogen) atoms. The Bertz CT molecular complexity index is 238. The highest BCUT2D eigenvalue weighted by Gasteiger charge is 2.17. The van der Waals surface area contributed by atoms with Crippen LogP contribution in [0.4, 0.5) is 0 Å². The van der Waals surface area contributed by atoms with Gasteiger partial charge in [0.2, 0.25) is 0 Å². The number of carbonyl (C=O) groups is 2. The first-order valence-corrected chi connectivity index (χ1v) is 6.42. The van der Waals surface area contributed by atoms with Crippen molar-refractivity contribution in [3.05, 3.63) is 0 Å². The molecule has 0 spiro atoms. The lowest BCUT2D eigenvalue weighted by atomic mass is 9.93. The van der Waals surface area contributed by atoms with Crippen molar-refractivity contribution in [2.24, 2.45) is 11.8 Å². The molecule has 0 saturated heterocycles. The highest BCUT2D eigenvalue weighted by Crippen LogP contribution is 2.19. The van der Waals surface area contributed by atoms with Gasteiger partial charge in [0.25, 0.3) is 0 Å². The number of hydrogen-bond acceptors (Lipinski definition) is 2. The Hall–Kier alpha value is -1.06. The fourth-order valence-electron chi connectivity index (χ4n) is 1.95. The van der Waals surface area contributed by atoms with Crippen molar-refractivity contribution in [2.45, 2.75) is 58.8 Å². The molecule has 0 aliphatic carbocycles. The first-order valence-electron chi connectivity index (χ1n) is 6.42. The third-order valence-corrected chi connectivity index (χ3v) is 3.03. The monoisotopic (exact) mass is 244 g/mol. The standard InChI is InChI=1S/C13H24O4/c1-3-4-7-11(13(16)17)8-5-6-10(2)9-12(14)15/h10-11H,3-9H2,1-2H3,(H,14,15)(H,16,17). The summed E-state index contributed by atoms with van der Waals surface area (Å²) >= 11 is 0. The topological polar surface area (TPSA) is 74.6 Å².